The van der Waals surface area contributed by atoms with Gasteiger partial charge in [0, 0.05) is 55.2 Å². The van der Waals surface area contributed by atoms with Crippen LogP contribution in [0.1, 0.15) is 15.9 Å². The lowest BCUT2D eigenvalue weighted by atomic mass is 10.1. The van der Waals surface area contributed by atoms with Gasteiger partial charge in [0.25, 0.3) is 5.91 Å². The third-order valence-corrected chi connectivity index (χ3v) is 7.99. The first-order chi connectivity index (χ1) is 16.4. The van der Waals surface area contributed by atoms with Gasteiger partial charge in [0.15, 0.2) is 0 Å². The van der Waals surface area contributed by atoms with Crippen molar-refractivity contribution in [1.82, 2.24) is 23.7 Å². The third kappa shape index (κ3) is 4.42. The topological polar surface area (TPSA) is 88.4 Å². The molecular formula is C24H22ClN5O3S. The molecular weight excluding hydrogens is 474 g/mol. The number of carbonyl (C=O) groups is 1. The zero-order valence-corrected chi connectivity index (χ0v) is 19.8. The number of benzene rings is 2. The van der Waals surface area contributed by atoms with Gasteiger partial charge in [-0.2, -0.15) is 4.31 Å². The Morgan fingerprint density at radius 3 is 2.29 bits per heavy atom. The van der Waals surface area contributed by atoms with Gasteiger partial charge in [0.05, 0.1) is 16.8 Å². The van der Waals surface area contributed by atoms with Crippen LogP contribution < -0.4 is 0 Å². The zero-order chi connectivity index (χ0) is 23.7. The van der Waals surface area contributed by atoms with Crippen molar-refractivity contribution in [2.45, 2.75) is 5.75 Å². The molecule has 0 radical (unpaired) electrons. The maximum Gasteiger partial charge on any atom is 0.256 e. The number of aromatic nitrogens is 3. The molecule has 10 heteroatoms. The molecule has 0 atom stereocenters. The van der Waals surface area contributed by atoms with Gasteiger partial charge in [-0.05, 0) is 29.8 Å². The normalized spacial score (nSPS) is 15.0. The zero-order valence-electron chi connectivity index (χ0n) is 18.2. The lowest BCUT2D eigenvalue weighted by molar-refractivity contribution is 0.0699. The van der Waals surface area contributed by atoms with Crippen LogP contribution in [0.4, 0.5) is 0 Å². The summed E-state index contributed by atoms with van der Waals surface area (Å²) >= 11 is 5.89. The molecule has 1 fully saturated rings. The van der Waals surface area contributed by atoms with E-state index in [1.165, 1.54) is 4.31 Å². The monoisotopic (exact) mass is 495 g/mol. The summed E-state index contributed by atoms with van der Waals surface area (Å²) in [6.45, 7) is 1.14. The molecule has 1 aliphatic heterocycles. The van der Waals surface area contributed by atoms with E-state index in [0.29, 0.717) is 35.2 Å². The SMILES string of the molecule is O=C(c1cn(-c2ncccn2)c2ccccc12)N1CCN(S(=O)(=O)Cc2ccc(Cl)cc2)CC1. The third-order valence-electron chi connectivity index (χ3n) is 5.89. The number of para-hydroxylation sites is 1. The second-order valence-corrected chi connectivity index (χ2v) is 10.5. The molecule has 3 heterocycles. The van der Waals surface area contributed by atoms with Gasteiger partial charge in [-0.15, -0.1) is 0 Å². The Hall–Kier alpha value is -3.27. The molecule has 2 aromatic carbocycles. The molecule has 0 bridgehead atoms. The summed E-state index contributed by atoms with van der Waals surface area (Å²) in [5.41, 5.74) is 2.06. The van der Waals surface area contributed by atoms with Gasteiger partial charge in [-0.25, -0.2) is 18.4 Å². The van der Waals surface area contributed by atoms with Gasteiger partial charge in [0.2, 0.25) is 16.0 Å². The smallest absolute Gasteiger partial charge is 0.256 e. The van der Waals surface area contributed by atoms with E-state index >= 15 is 0 Å². The molecule has 0 aliphatic carbocycles. The first-order valence-electron chi connectivity index (χ1n) is 10.8. The molecule has 5 rings (SSSR count). The van der Waals surface area contributed by atoms with Crippen LogP contribution in [0, 0.1) is 0 Å². The average molecular weight is 496 g/mol. The summed E-state index contributed by atoms with van der Waals surface area (Å²) in [6, 6.07) is 16.1. The number of rotatable bonds is 5. The minimum atomic E-state index is -3.50. The van der Waals surface area contributed by atoms with Crippen molar-refractivity contribution in [2.75, 3.05) is 26.2 Å². The second-order valence-electron chi connectivity index (χ2n) is 8.05. The van der Waals surface area contributed by atoms with Crippen LogP contribution in [0.25, 0.3) is 16.9 Å². The van der Waals surface area contributed by atoms with Crippen molar-refractivity contribution in [1.29, 1.82) is 0 Å². The number of carbonyl (C=O) groups excluding carboxylic acids is 1. The van der Waals surface area contributed by atoms with Crippen molar-refractivity contribution in [3.63, 3.8) is 0 Å². The molecule has 1 saturated heterocycles. The van der Waals surface area contributed by atoms with E-state index in [4.69, 9.17) is 11.6 Å². The molecule has 2 aromatic heterocycles. The Kier molecular flexibility index (Phi) is 6.07. The van der Waals surface area contributed by atoms with E-state index in [0.717, 1.165) is 10.9 Å². The van der Waals surface area contributed by atoms with Gasteiger partial charge in [-0.1, -0.05) is 41.9 Å². The number of piperazine rings is 1. The van der Waals surface area contributed by atoms with E-state index < -0.39 is 10.0 Å². The largest absolute Gasteiger partial charge is 0.336 e. The summed E-state index contributed by atoms with van der Waals surface area (Å²) in [5.74, 6) is 0.249. The Bertz CT molecular complexity index is 1430. The quantitative estimate of drug-likeness (QED) is 0.423. The van der Waals surface area contributed by atoms with E-state index in [1.54, 1.807) is 58.4 Å². The highest BCUT2D eigenvalue weighted by atomic mass is 35.5. The highest BCUT2D eigenvalue weighted by Crippen LogP contribution is 2.25. The Labute approximate surface area is 202 Å². The van der Waals surface area contributed by atoms with Crippen molar-refractivity contribution in [2.24, 2.45) is 0 Å². The van der Waals surface area contributed by atoms with Gasteiger partial charge >= 0.3 is 0 Å². The summed E-state index contributed by atoms with van der Waals surface area (Å²) in [7, 11) is -3.50. The number of halogens is 1. The number of hydrogen-bond acceptors (Lipinski definition) is 5. The van der Waals surface area contributed by atoms with E-state index in [2.05, 4.69) is 9.97 Å². The first-order valence-corrected chi connectivity index (χ1v) is 12.8. The standard InChI is InChI=1S/C24H22ClN5O3S/c25-19-8-6-18(7-9-19)17-34(32,33)29-14-12-28(13-15-29)23(31)21-16-30(24-26-10-3-11-27-24)22-5-2-1-4-20(21)22/h1-11,16H,12-15,17H2. The summed E-state index contributed by atoms with van der Waals surface area (Å²) in [4.78, 5) is 23.7. The molecule has 0 unspecified atom stereocenters. The minimum Gasteiger partial charge on any atom is -0.336 e. The summed E-state index contributed by atoms with van der Waals surface area (Å²) < 4.78 is 29.0. The fourth-order valence-electron chi connectivity index (χ4n) is 4.15. The van der Waals surface area contributed by atoms with Crippen LogP contribution >= 0.6 is 11.6 Å². The van der Waals surface area contributed by atoms with Gasteiger partial charge < -0.3 is 4.90 Å². The Balaban J connectivity index is 1.33. The lowest BCUT2D eigenvalue weighted by Gasteiger charge is -2.34. The molecule has 0 N–H and O–H groups in total. The van der Waals surface area contributed by atoms with Crippen molar-refractivity contribution in [3.8, 4) is 5.95 Å². The molecule has 1 aliphatic rings. The number of sulfonamides is 1. The molecule has 1 amide bonds. The molecule has 8 nitrogen and oxygen atoms in total. The highest BCUT2D eigenvalue weighted by molar-refractivity contribution is 7.88. The van der Waals surface area contributed by atoms with Crippen molar-refractivity contribution >= 4 is 38.4 Å². The fourth-order valence-corrected chi connectivity index (χ4v) is 5.80. The summed E-state index contributed by atoms with van der Waals surface area (Å²) in [6.07, 6.45) is 5.07. The van der Waals surface area contributed by atoms with Crippen molar-refractivity contribution in [3.05, 3.63) is 89.3 Å². The first kappa shape index (κ1) is 22.5. The number of hydrogen-bond donors (Lipinski definition) is 0. The van der Waals surface area contributed by atoms with Crippen LogP contribution in [0.2, 0.25) is 5.02 Å². The molecule has 0 saturated carbocycles. The maximum absolute atomic E-state index is 13.4. The van der Waals surface area contributed by atoms with Gasteiger partial charge in [-0.3, -0.25) is 9.36 Å². The average Bonchev–Trinajstić information content (AvgIpc) is 3.25. The maximum atomic E-state index is 13.4. The predicted octanol–water partition coefficient (Wildman–Crippen LogP) is 3.36. The molecule has 0 spiro atoms. The van der Waals surface area contributed by atoms with Crippen LogP contribution in [0.3, 0.4) is 0 Å². The van der Waals surface area contributed by atoms with E-state index in [9.17, 15) is 13.2 Å². The predicted molar refractivity (Wildman–Crippen MR) is 130 cm³/mol. The molecule has 4 aromatic rings. The highest BCUT2D eigenvalue weighted by Gasteiger charge is 2.30. The van der Waals surface area contributed by atoms with Crippen LogP contribution in [0.5, 0.6) is 0 Å². The van der Waals surface area contributed by atoms with Crippen LogP contribution in [-0.4, -0.2) is 64.2 Å². The van der Waals surface area contributed by atoms with Crippen LogP contribution in [-0.2, 0) is 15.8 Å². The van der Waals surface area contributed by atoms with E-state index in [-0.39, 0.29) is 24.7 Å². The molecule has 174 valence electrons. The minimum absolute atomic E-state index is 0.0946. The van der Waals surface area contributed by atoms with Crippen LogP contribution in [0.15, 0.2) is 73.2 Å². The molecule has 34 heavy (non-hydrogen) atoms. The fraction of sp³-hybridized carbons (Fsp3) is 0.208. The number of fused-ring (bicyclic) bond motifs is 1. The Morgan fingerprint density at radius 2 is 1.59 bits per heavy atom. The van der Waals surface area contributed by atoms with Gasteiger partial charge in [0.1, 0.15) is 0 Å². The second kappa shape index (κ2) is 9.17. The number of nitrogens with zero attached hydrogens (tertiary/aromatic N) is 5. The lowest BCUT2D eigenvalue weighted by Crippen LogP contribution is -2.50. The Morgan fingerprint density at radius 1 is 0.912 bits per heavy atom. The van der Waals surface area contributed by atoms with E-state index in [1.807, 2.05) is 24.3 Å². The summed E-state index contributed by atoms with van der Waals surface area (Å²) in [5, 5.41) is 1.37. The van der Waals surface area contributed by atoms with Crippen molar-refractivity contribution < 1.29 is 13.2 Å². The number of amides is 1.